The van der Waals surface area contributed by atoms with E-state index in [0.29, 0.717) is 10.8 Å². The van der Waals surface area contributed by atoms with Gasteiger partial charge in [0.15, 0.2) is 5.13 Å². The maximum absolute atomic E-state index is 12.4. The fraction of sp³-hybridized carbons (Fsp3) is 0.105. The summed E-state index contributed by atoms with van der Waals surface area (Å²) >= 11 is 1.40. The van der Waals surface area contributed by atoms with Crippen LogP contribution < -0.4 is 10.6 Å². The molecule has 7 heteroatoms. The van der Waals surface area contributed by atoms with Gasteiger partial charge in [0.2, 0.25) is 5.91 Å². The standard InChI is InChI=1S/C19H16N4O2S/c1-11(17(24)23-19-22-14-8-4-5-9-16(14)26-19)20-18(25)15-10-12-6-2-3-7-13(12)21-15/h2-11,21H,1H3,(H,20,25)(H,22,23,24)/t11-/m0/s1. The first-order valence-corrected chi connectivity index (χ1v) is 8.97. The average Bonchev–Trinajstić information content (AvgIpc) is 3.24. The second kappa shape index (κ2) is 6.61. The summed E-state index contributed by atoms with van der Waals surface area (Å²) in [4.78, 5) is 32.2. The summed E-state index contributed by atoms with van der Waals surface area (Å²) in [6, 6.07) is 16.4. The molecule has 0 fully saturated rings. The Kier molecular flexibility index (Phi) is 4.14. The number of nitrogens with zero attached hydrogens (tertiary/aromatic N) is 1. The van der Waals surface area contributed by atoms with Gasteiger partial charge in [-0.3, -0.25) is 9.59 Å². The van der Waals surface area contributed by atoms with E-state index in [0.717, 1.165) is 21.1 Å². The van der Waals surface area contributed by atoms with Crippen molar-refractivity contribution in [3.8, 4) is 0 Å². The Morgan fingerprint density at radius 2 is 1.88 bits per heavy atom. The van der Waals surface area contributed by atoms with Crippen LogP contribution in [0.5, 0.6) is 0 Å². The minimum Gasteiger partial charge on any atom is -0.351 e. The zero-order valence-electron chi connectivity index (χ0n) is 13.9. The van der Waals surface area contributed by atoms with Gasteiger partial charge in [0.25, 0.3) is 5.91 Å². The molecule has 0 saturated carbocycles. The highest BCUT2D eigenvalue weighted by atomic mass is 32.1. The molecule has 0 aliphatic rings. The van der Waals surface area contributed by atoms with E-state index >= 15 is 0 Å². The van der Waals surface area contributed by atoms with Gasteiger partial charge in [-0.1, -0.05) is 41.7 Å². The molecule has 4 aromatic rings. The van der Waals surface area contributed by atoms with Crippen LogP contribution in [-0.2, 0) is 4.79 Å². The lowest BCUT2D eigenvalue weighted by Crippen LogP contribution is -2.41. The number of para-hydroxylation sites is 2. The van der Waals surface area contributed by atoms with Gasteiger partial charge in [-0.25, -0.2) is 4.98 Å². The van der Waals surface area contributed by atoms with Crippen molar-refractivity contribution in [3.63, 3.8) is 0 Å². The minimum atomic E-state index is -0.694. The summed E-state index contributed by atoms with van der Waals surface area (Å²) in [5.41, 5.74) is 2.14. The van der Waals surface area contributed by atoms with E-state index in [1.807, 2.05) is 48.5 Å². The number of rotatable bonds is 4. The highest BCUT2D eigenvalue weighted by molar-refractivity contribution is 7.22. The number of aromatic nitrogens is 2. The van der Waals surface area contributed by atoms with Gasteiger partial charge >= 0.3 is 0 Å². The predicted molar refractivity (Wildman–Crippen MR) is 103 cm³/mol. The molecule has 0 aliphatic carbocycles. The molecule has 26 heavy (non-hydrogen) atoms. The molecule has 0 unspecified atom stereocenters. The first kappa shape index (κ1) is 16.3. The van der Waals surface area contributed by atoms with E-state index in [-0.39, 0.29) is 11.8 Å². The van der Waals surface area contributed by atoms with E-state index in [4.69, 9.17) is 0 Å². The third-order valence-corrected chi connectivity index (χ3v) is 4.99. The topological polar surface area (TPSA) is 86.9 Å². The predicted octanol–water partition coefficient (Wildman–Crippen LogP) is 3.53. The second-order valence-corrected chi connectivity index (χ2v) is 6.97. The van der Waals surface area contributed by atoms with E-state index < -0.39 is 6.04 Å². The van der Waals surface area contributed by atoms with Crippen molar-refractivity contribution >= 4 is 49.4 Å². The van der Waals surface area contributed by atoms with Crippen molar-refractivity contribution in [2.24, 2.45) is 0 Å². The number of benzene rings is 2. The molecular weight excluding hydrogens is 348 g/mol. The number of hydrogen-bond acceptors (Lipinski definition) is 4. The second-order valence-electron chi connectivity index (χ2n) is 5.94. The quantitative estimate of drug-likeness (QED) is 0.518. The Morgan fingerprint density at radius 1 is 1.12 bits per heavy atom. The lowest BCUT2D eigenvalue weighted by atomic mass is 10.2. The maximum Gasteiger partial charge on any atom is 0.268 e. The van der Waals surface area contributed by atoms with E-state index in [2.05, 4.69) is 20.6 Å². The molecule has 2 aromatic carbocycles. The van der Waals surface area contributed by atoms with Crippen molar-refractivity contribution < 1.29 is 9.59 Å². The molecule has 2 heterocycles. The third-order valence-electron chi connectivity index (χ3n) is 4.04. The van der Waals surface area contributed by atoms with Gasteiger partial charge in [0, 0.05) is 10.9 Å². The van der Waals surface area contributed by atoms with Crippen LogP contribution in [0.1, 0.15) is 17.4 Å². The normalized spacial score (nSPS) is 12.2. The van der Waals surface area contributed by atoms with Crippen molar-refractivity contribution in [2.75, 3.05) is 5.32 Å². The molecule has 0 spiro atoms. The zero-order chi connectivity index (χ0) is 18.1. The average molecular weight is 364 g/mol. The minimum absolute atomic E-state index is 0.312. The zero-order valence-corrected chi connectivity index (χ0v) is 14.8. The Balaban J connectivity index is 1.43. The smallest absolute Gasteiger partial charge is 0.268 e. The molecule has 0 bridgehead atoms. The van der Waals surface area contributed by atoms with Crippen molar-refractivity contribution in [1.29, 1.82) is 0 Å². The lowest BCUT2D eigenvalue weighted by molar-refractivity contribution is -0.117. The third kappa shape index (κ3) is 3.16. The number of anilines is 1. The van der Waals surface area contributed by atoms with Crippen LogP contribution in [0.15, 0.2) is 54.6 Å². The van der Waals surface area contributed by atoms with Crippen LogP contribution in [0.25, 0.3) is 21.1 Å². The molecule has 130 valence electrons. The van der Waals surface area contributed by atoms with E-state index in [1.165, 1.54) is 11.3 Å². The molecule has 0 saturated heterocycles. The van der Waals surface area contributed by atoms with Crippen LogP contribution in [0.4, 0.5) is 5.13 Å². The van der Waals surface area contributed by atoms with Crippen LogP contribution in [-0.4, -0.2) is 27.8 Å². The Labute approximate surface area is 153 Å². The van der Waals surface area contributed by atoms with E-state index in [9.17, 15) is 9.59 Å². The fourth-order valence-electron chi connectivity index (χ4n) is 2.67. The Hall–Kier alpha value is -3.19. The number of amides is 2. The number of fused-ring (bicyclic) bond motifs is 2. The summed E-state index contributed by atoms with van der Waals surface area (Å²) in [6.45, 7) is 1.64. The molecule has 6 nitrogen and oxygen atoms in total. The summed E-state index contributed by atoms with van der Waals surface area (Å²) < 4.78 is 0.998. The number of hydrogen-bond donors (Lipinski definition) is 3. The lowest BCUT2D eigenvalue weighted by Gasteiger charge is -2.12. The van der Waals surface area contributed by atoms with Gasteiger partial charge in [-0.05, 0) is 31.2 Å². The van der Waals surface area contributed by atoms with Gasteiger partial charge in [0.1, 0.15) is 11.7 Å². The molecule has 0 radical (unpaired) electrons. The Bertz CT molecular complexity index is 1050. The van der Waals surface area contributed by atoms with Crippen molar-refractivity contribution in [3.05, 3.63) is 60.3 Å². The monoisotopic (exact) mass is 364 g/mol. The highest BCUT2D eigenvalue weighted by Gasteiger charge is 2.19. The van der Waals surface area contributed by atoms with Gasteiger partial charge < -0.3 is 15.6 Å². The van der Waals surface area contributed by atoms with Crippen LogP contribution in [0.3, 0.4) is 0 Å². The Morgan fingerprint density at radius 3 is 2.69 bits per heavy atom. The largest absolute Gasteiger partial charge is 0.351 e. The molecule has 0 aliphatic heterocycles. The van der Waals surface area contributed by atoms with E-state index in [1.54, 1.807) is 13.0 Å². The molecule has 2 amide bonds. The summed E-state index contributed by atoms with van der Waals surface area (Å²) in [5.74, 6) is -0.637. The molecule has 4 rings (SSSR count). The maximum atomic E-state index is 12.4. The van der Waals surface area contributed by atoms with Gasteiger partial charge in [0.05, 0.1) is 10.2 Å². The first-order valence-electron chi connectivity index (χ1n) is 8.15. The number of H-pyrrole nitrogens is 1. The fourth-order valence-corrected chi connectivity index (χ4v) is 3.54. The molecule has 1 atom stereocenters. The number of thiazole rings is 1. The highest BCUT2D eigenvalue weighted by Crippen LogP contribution is 2.25. The molecular formula is C19H16N4O2S. The van der Waals surface area contributed by atoms with Crippen LogP contribution >= 0.6 is 11.3 Å². The van der Waals surface area contributed by atoms with Crippen molar-refractivity contribution in [2.45, 2.75) is 13.0 Å². The SMILES string of the molecule is C[C@H](NC(=O)c1cc2ccccc2[nH]1)C(=O)Nc1nc2ccccc2s1. The first-order chi connectivity index (χ1) is 12.6. The number of aromatic amines is 1. The number of nitrogens with one attached hydrogen (secondary N) is 3. The summed E-state index contributed by atoms with van der Waals surface area (Å²) in [6.07, 6.45) is 0. The van der Waals surface area contributed by atoms with Gasteiger partial charge in [-0.2, -0.15) is 0 Å². The van der Waals surface area contributed by atoms with Gasteiger partial charge in [-0.15, -0.1) is 0 Å². The summed E-state index contributed by atoms with van der Waals surface area (Å²) in [7, 11) is 0. The van der Waals surface area contributed by atoms with Crippen LogP contribution in [0.2, 0.25) is 0 Å². The summed E-state index contributed by atoms with van der Waals surface area (Å²) in [5, 5.41) is 6.93. The molecule has 3 N–H and O–H groups in total. The van der Waals surface area contributed by atoms with Crippen molar-refractivity contribution in [1.82, 2.24) is 15.3 Å². The van der Waals surface area contributed by atoms with Crippen LogP contribution in [0, 0.1) is 0 Å². The number of carbonyl (C=O) groups excluding carboxylic acids is 2. The molecule has 2 aromatic heterocycles. The number of carbonyl (C=O) groups is 2.